The molecule has 1 aromatic carbocycles. The van der Waals surface area contributed by atoms with Gasteiger partial charge in [-0.25, -0.2) is 0 Å². The molecule has 0 unspecified atom stereocenters. The van der Waals surface area contributed by atoms with Crippen LogP contribution in [-0.2, 0) is 11.3 Å². The third-order valence-electron chi connectivity index (χ3n) is 3.86. The molecule has 0 bridgehead atoms. The number of nitrogens with zero attached hydrogens (tertiary/aromatic N) is 1. The SMILES string of the molecule is CNCc1ccccc1OCCN(C)C1CCOCC1. The van der Waals surface area contributed by atoms with Crippen LogP contribution < -0.4 is 10.1 Å². The van der Waals surface area contributed by atoms with E-state index in [9.17, 15) is 0 Å². The molecule has 4 nitrogen and oxygen atoms in total. The molecule has 0 aliphatic carbocycles. The van der Waals surface area contributed by atoms with E-state index in [4.69, 9.17) is 9.47 Å². The highest BCUT2D eigenvalue weighted by Crippen LogP contribution is 2.18. The van der Waals surface area contributed by atoms with Crippen molar-refractivity contribution in [3.05, 3.63) is 29.8 Å². The van der Waals surface area contributed by atoms with Crippen molar-refractivity contribution < 1.29 is 9.47 Å². The van der Waals surface area contributed by atoms with Gasteiger partial charge in [-0.2, -0.15) is 0 Å². The standard InChI is InChI=1S/C16H26N2O2/c1-17-13-14-5-3-4-6-16(14)20-12-9-18(2)15-7-10-19-11-8-15/h3-6,15,17H,7-13H2,1-2H3. The summed E-state index contributed by atoms with van der Waals surface area (Å²) in [5.41, 5.74) is 1.21. The number of nitrogens with one attached hydrogen (secondary N) is 1. The van der Waals surface area contributed by atoms with E-state index < -0.39 is 0 Å². The first-order valence-corrected chi connectivity index (χ1v) is 7.44. The molecule has 4 heteroatoms. The van der Waals surface area contributed by atoms with Crippen LogP contribution in [0.2, 0.25) is 0 Å². The molecule has 0 saturated carbocycles. The monoisotopic (exact) mass is 278 g/mol. The normalized spacial score (nSPS) is 16.6. The predicted octanol–water partition coefficient (Wildman–Crippen LogP) is 1.90. The van der Waals surface area contributed by atoms with E-state index in [2.05, 4.69) is 23.3 Å². The highest BCUT2D eigenvalue weighted by molar-refractivity contribution is 5.33. The number of ether oxygens (including phenoxy) is 2. The Bertz CT molecular complexity index is 392. The smallest absolute Gasteiger partial charge is 0.123 e. The number of hydrogen-bond donors (Lipinski definition) is 1. The Morgan fingerprint density at radius 3 is 2.80 bits per heavy atom. The second kappa shape index (κ2) is 8.25. The van der Waals surface area contributed by atoms with Crippen LogP contribution in [0.3, 0.4) is 0 Å². The Balaban J connectivity index is 1.77. The summed E-state index contributed by atoms with van der Waals surface area (Å²) in [6.45, 7) is 4.31. The lowest BCUT2D eigenvalue weighted by Crippen LogP contribution is -2.38. The maximum absolute atomic E-state index is 5.94. The zero-order valence-electron chi connectivity index (χ0n) is 12.6. The van der Waals surface area contributed by atoms with Crippen molar-refractivity contribution in [1.82, 2.24) is 10.2 Å². The zero-order chi connectivity index (χ0) is 14.2. The van der Waals surface area contributed by atoms with Gasteiger partial charge in [-0.15, -0.1) is 0 Å². The van der Waals surface area contributed by atoms with E-state index in [0.717, 1.165) is 51.5 Å². The minimum absolute atomic E-state index is 0.639. The van der Waals surface area contributed by atoms with Gasteiger partial charge in [0.15, 0.2) is 0 Å². The average Bonchev–Trinajstić information content (AvgIpc) is 2.50. The molecule has 0 spiro atoms. The van der Waals surface area contributed by atoms with Crippen molar-refractivity contribution in [3.63, 3.8) is 0 Å². The van der Waals surface area contributed by atoms with E-state index in [-0.39, 0.29) is 0 Å². The lowest BCUT2D eigenvalue weighted by molar-refractivity contribution is 0.0392. The minimum Gasteiger partial charge on any atom is -0.492 e. The summed E-state index contributed by atoms with van der Waals surface area (Å²) in [6.07, 6.45) is 2.26. The number of benzene rings is 1. The molecule has 2 rings (SSSR count). The molecule has 1 fully saturated rings. The molecule has 1 aromatic rings. The number of hydrogen-bond acceptors (Lipinski definition) is 4. The zero-order valence-corrected chi connectivity index (χ0v) is 12.6. The summed E-state index contributed by atoms with van der Waals surface area (Å²) >= 11 is 0. The van der Waals surface area contributed by atoms with Crippen LogP contribution in [0.5, 0.6) is 5.75 Å². The molecule has 1 aliphatic heterocycles. The van der Waals surface area contributed by atoms with Gasteiger partial charge in [0, 0.05) is 37.9 Å². The molecule has 0 radical (unpaired) electrons. The van der Waals surface area contributed by atoms with Gasteiger partial charge in [0.1, 0.15) is 12.4 Å². The fourth-order valence-electron chi connectivity index (χ4n) is 2.59. The Kier molecular flexibility index (Phi) is 6.30. The summed E-state index contributed by atoms with van der Waals surface area (Å²) in [6, 6.07) is 8.86. The second-order valence-corrected chi connectivity index (χ2v) is 5.31. The molecule has 1 N–H and O–H groups in total. The molecule has 112 valence electrons. The van der Waals surface area contributed by atoms with Gasteiger partial charge < -0.3 is 14.8 Å². The van der Waals surface area contributed by atoms with Crippen LogP contribution in [-0.4, -0.2) is 51.4 Å². The van der Waals surface area contributed by atoms with Crippen LogP contribution in [0.15, 0.2) is 24.3 Å². The maximum atomic E-state index is 5.94. The van der Waals surface area contributed by atoms with Gasteiger partial charge in [0.2, 0.25) is 0 Å². The van der Waals surface area contributed by atoms with Gasteiger partial charge in [-0.1, -0.05) is 18.2 Å². The van der Waals surface area contributed by atoms with Crippen molar-refractivity contribution in [2.45, 2.75) is 25.4 Å². The van der Waals surface area contributed by atoms with Gasteiger partial charge in [0.25, 0.3) is 0 Å². The fraction of sp³-hybridized carbons (Fsp3) is 0.625. The van der Waals surface area contributed by atoms with E-state index >= 15 is 0 Å². The summed E-state index contributed by atoms with van der Waals surface area (Å²) in [5.74, 6) is 0.988. The van der Waals surface area contributed by atoms with Crippen molar-refractivity contribution in [2.75, 3.05) is 40.5 Å². The third kappa shape index (κ3) is 4.47. The highest BCUT2D eigenvalue weighted by Gasteiger charge is 2.18. The molecule has 1 heterocycles. The molecular weight excluding hydrogens is 252 g/mol. The molecule has 1 saturated heterocycles. The van der Waals surface area contributed by atoms with E-state index in [1.165, 1.54) is 5.56 Å². The lowest BCUT2D eigenvalue weighted by atomic mass is 10.1. The summed E-state index contributed by atoms with van der Waals surface area (Å²) in [5, 5.41) is 3.17. The summed E-state index contributed by atoms with van der Waals surface area (Å²) in [7, 11) is 4.13. The Morgan fingerprint density at radius 1 is 1.30 bits per heavy atom. The van der Waals surface area contributed by atoms with Crippen LogP contribution in [0, 0.1) is 0 Å². The second-order valence-electron chi connectivity index (χ2n) is 5.31. The van der Waals surface area contributed by atoms with E-state index in [1.54, 1.807) is 0 Å². The van der Waals surface area contributed by atoms with Crippen molar-refractivity contribution in [1.29, 1.82) is 0 Å². The maximum Gasteiger partial charge on any atom is 0.123 e. The number of likely N-dealkylation sites (N-methyl/N-ethyl adjacent to an activating group) is 1. The third-order valence-corrected chi connectivity index (χ3v) is 3.86. The van der Waals surface area contributed by atoms with Crippen molar-refractivity contribution >= 4 is 0 Å². The topological polar surface area (TPSA) is 33.7 Å². The first-order chi connectivity index (χ1) is 9.81. The van der Waals surface area contributed by atoms with Crippen LogP contribution in [0.1, 0.15) is 18.4 Å². The van der Waals surface area contributed by atoms with Crippen molar-refractivity contribution in [2.24, 2.45) is 0 Å². The van der Waals surface area contributed by atoms with Crippen LogP contribution >= 0.6 is 0 Å². The Morgan fingerprint density at radius 2 is 2.05 bits per heavy atom. The first kappa shape index (κ1) is 15.3. The van der Waals surface area contributed by atoms with Gasteiger partial charge in [0.05, 0.1) is 0 Å². The number of rotatable bonds is 7. The number of para-hydroxylation sites is 1. The average molecular weight is 278 g/mol. The predicted molar refractivity (Wildman–Crippen MR) is 81.2 cm³/mol. The summed E-state index contributed by atoms with van der Waals surface area (Å²) < 4.78 is 11.3. The van der Waals surface area contributed by atoms with Gasteiger partial charge in [-0.05, 0) is 33.0 Å². The largest absolute Gasteiger partial charge is 0.492 e. The molecule has 0 atom stereocenters. The molecule has 1 aliphatic rings. The Hall–Kier alpha value is -1.10. The minimum atomic E-state index is 0.639. The summed E-state index contributed by atoms with van der Waals surface area (Å²) in [4.78, 5) is 2.39. The van der Waals surface area contributed by atoms with Crippen LogP contribution in [0.25, 0.3) is 0 Å². The van der Waals surface area contributed by atoms with E-state index in [0.29, 0.717) is 6.04 Å². The molecule has 0 aromatic heterocycles. The lowest BCUT2D eigenvalue weighted by Gasteiger charge is -2.31. The van der Waals surface area contributed by atoms with Crippen molar-refractivity contribution in [3.8, 4) is 5.75 Å². The van der Waals surface area contributed by atoms with Crippen LogP contribution in [0.4, 0.5) is 0 Å². The van der Waals surface area contributed by atoms with Gasteiger partial charge in [-0.3, -0.25) is 4.90 Å². The highest BCUT2D eigenvalue weighted by atomic mass is 16.5. The molecular formula is C16H26N2O2. The molecule has 20 heavy (non-hydrogen) atoms. The van der Waals surface area contributed by atoms with E-state index in [1.807, 2.05) is 25.2 Å². The first-order valence-electron chi connectivity index (χ1n) is 7.44. The Labute approximate surface area is 122 Å². The fourth-order valence-corrected chi connectivity index (χ4v) is 2.59. The van der Waals surface area contributed by atoms with Gasteiger partial charge >= 0.3 is 0 Å². The molecule has 0 amide bonds. The quantitative estimate of drug-likeness (QED) is 0.826.